The van der Waals surface area contributed by atoms with Gasteiger partial charge in [-0.3, -0.25) is 4.79 Å². The van der Waals surface area contributed by atoms with Crippen LogP contribution >= 0.6 is 28.3 Å². The van der Waals surface area contributed by atoms with E-state index >= 15 is 0 Å². The van der Waals surface area contributed by atoms with Crippen LogP contribution in [0.25, 0.3) is 0 Å². The molecule has 2 heterocycles. The summed E-state index contributed by atoms with van der Waals surface area (Å²) in [5, 5.41) is 6.56. The molecule has 3 rings (SSSR count). The molecule has 0 radical (unpaired) electrons. The highest BCUT2D eigenvalue weighted by molar-refractivity contribution is 9.10. The normalized spacial score (nSPS) is 20.9. The molecule has 0 aromatic heterocycles. The van der Waals surface area contributed by atoms with E-state index in [1.807, 2.05) is 6.07 Å². The third-order valence-corrected chi connectivity index (χ3v) is 5.69. The molecule has 0 bridgehead atoms. The Balaban J connectivity index is 0.00000208. The molecule has 0 saturated carbocycles. The van der Waals surface area contributed by atoms with Crippen molar-refractivity contribution in [3.63, 3.8) is 0 Å². The summed E-state index contributed by atoms with van der Waals surface area (Å²) in [6, 6.07) is 8.48. The van der Waals surface area contributed by atoms with E-state index in [0.717, 1.165) is 56.5 Å². The fourth-order valence-electron chi connectivity index (χ4n) is 3.63. The minimum atomic E-state index is -0.00932. The highest BCUT2D eigenvalue weighted by Crippen LogP contribution is 2.35. The highest BCUT2D eigenvalue weighted by Gasteiger charge is 2.35. The van der Waals surface area contributed by atoms with Gasteiger partial charge in [0.1, 0.15) is 0 Å². The maximum absolute atomic E-state index is 12.5. The molecule has 2 N–H and O–H groups in total. The van der Waals surface area contributed by atoms with Gasteiger partial charge in [0.2, 0.25) is 5.91 Å². The zero-order chi connectivity index (χ0) is 16.1. The molecule has 0 unspecified atom stereocenters. The van der Waals surface area contributed by atoms with Crippen molar-refractivity contribution in [1.82, 2.24) is 10.6 Å². The number of hydrogen-bond donors (Lipinski definition) is 2. The summed E-state index contributed by atoms with van der Waals surface area (Å²) >= 11 is 3.57. The van der Waals surface area contributed by atoms with Crippen LogP contribution in [-0.4, -0.2) is 38.8 Å². The molecule has 2 aliphatic heterocycles. The van der Waals surface area contributed by atoms with E-state index in [9.17, 15) is 4.79 Å². The van der Waals surface area contributed by atoms with Gasteiger partial charge in [-0.05, 0) is 56.5 Å². The van der Waals surface area contributed by atoms with Crippen LogP contribution in [-0.2, 0) is 14.9 Å². The molecular weight excluding hydrogens is 392 g/mol. The Morgan fingerprint density at radius 3 is 2.67 bits per heavy atom. The summed E-state index contributed by atoms with van der Waals surface area (Å²) in [5.74, 6) is 0.378. The number of carbonyl (C=O) groups is 1. The Bertz CT molecular complexity index is 544. The summed E-state index contributed by atoms with van der Waals surface area (Å²) in [7, 11) is 0. The van der Waals surface area contributed by atoms with Crippen LogP contribution in [0.4, 0.5) is 0 Å². The Hall–Kier alpha value is -0.620. The third-order valence-electron chi connectivity index (χ3n) is 5.20. The van der Waals surface area contributed by atoms with Gasteiger partial charge < -0.3 is 15.4 Å². The minimum absolute atomic E-state index is 0. The van der Waals surface area contributed by atoms with E-state index in [-0.39, 0.29) is 29.6 Å². The number of nitrogens with one attached hydrogen (secondary N) is 2. The monoisotopic (exact) mass is 416 g/mol. The number of amides is 1. The SMILES string of the molecule is Cl.O=C(NCC1(c2cccc(Br)c2)CCOCC1)C1CCNCC1. The fraction of sp³-hybridized carbons (Fsp3) is 0.611. The predicted molar refractivity (Wildman–Crippen MR) is 102 cm³/mol. The summed E-state index contributed by atoms with van der Waals surface area (Å²) in [6.07, 6.45) is 3.80. The number of piperidine rings is 1. The molecule has 1 aromatic rings. The van der Waals surface area contributed by atoms with E-state index in [4.69, 9.17) is 4.74 Å². The lowest BCUT2D eigenvalue weighted by atomic mass is 9.74. The topological polar surface area (TPSA) is 50.4 Å². The first-order valence-electron chi connectivity index (χ1n) is 8.52. The smallest absolute Gasteiger partial charge is 0.223 e. The molecule has 2 fully saturated rings. The van der Waals surface area contributed by atoms with Crippen molar-refractivity contribution in [2.24, 2.45) is 5.92 Å². The largest absolute Gasteiger partial charge is 0.381 e. The molecule has 0 spiro atoms. The molecule has 0 atom stereocenters. The first-order valence-corrected chi connectivity index (χ1v) is 9.31. The molecular formula is C18H26BrClN2O2. The maximum Gasteiger partial charge on any atom is 0.223 e. The van der Waals surface area contributed by atoms with Crippen molar-refractivity contribution >= 4 is 34.2 Å². The van der Waals surface area contributed by atoms with E-state index in [1.54, 1.807) is 0 Å². The molecule has 4 nitrogen and oxygen atoms in total. The second-order valence-corrected chi connectivity index (χ2v) is 7.56. The molecule has 6 heteroatoms. The van der Waals surface area contributed by atoms with Crippen LogP contribution in [0.3, 0.4) is 0 Å². The van der Waals surface area contributed by atoms with Crippen LogP contribution in [0.1, 0.15) is 31.2 Å². The van der Waals surface area contributed by atoms with Crippen molar-refractivity contribution < 1.29 is 9.53 Å². The molecule has 0 aliphatic carbocycles. The fourth-order valence-corrected chi connectivity index (χ4v) is 4.03. The number of ether oxygens (including phenoxy) is 1. The Morgan fingerprint density at radius 1 is 1.29 bits per heavy atom. The van der Waals surface area contributed by atoms with Gasteiger partial charge in [0.25, 0.3) is 0 Å². The summed E-state index contributed by atoms with van der Waals surface area (Å²) in [5.41, 5.74) is 1.28. The van der Waals surface area contributed by atoms with Crippen molar-refractivity contribution in [1.29, 1.82) is 0 Å². The van der Waals surface area contributed by atoms with Gasteiger partial charge in [0, 0.05) is 35.6 Å². The second-order valence-electron chi connectivity index (χ2n) is 6.65. The summed E-state index contributed by atoms with van der Waals surface area (Å²) in [6.45, 7) is 4.12. The average molecular weight is 418 g/mol. The Morgan fingerprint density at radius 2 is 2.00 bits per heavy atom. The van der Waals surface area contributed by atoms with Crippen molar-refractivity contribution in [3.05, 3.63) is 34.3 Å². The molecule has 1 amide bonds. The zero-order valence-electron chi connectivity index (χ0n) is 13.9. The van der Waals surface area contributed by atoms with Gasteiger partial charge in [-0.1, -0.05) is 28.1 Å². The average Bonchev–Trinajstić information content (AvgIpc) is 2.61. The molecule has 134 valence electrons. The zero-order valence-corrected chi connectivity index (χ0v) is 16.3. The first-order chi connectivity index (χ1) is 11.2. The van der Waals surface area contributed by atoms with Crippen LogP contribution in [0.15, 0.2) is 28.7 Å². The second kappa shape index (κ2) is 9.18. The van der Waals surface area contributed by atoms with Gasteiger partial charge in [0.05, 0.1) is 0 Å². The van der Waals surface area contributed by atoms with Crippen LogP contribution in [0.2, 0.25) is 0 Å². The minimum Gasteiger partial charge on any atom is -0.381 e. The van der Waals surface area contributed by atoms with Gasteiger partial charge in [-0.25, -0.2) is 0 Å². The van der Waals surface area contributed by atoms with Gasteiger partial charge >= 0.3 is 0 Å². The quantitative estimate of drug-likeness (QED) is 0.792. The predicted octanol–water partition coefficient (Wildman–Crippen LogP) is 3.03. The van der Waals surface area contributed by atoms with E-state index in [0.29, 0.717) is 6.54 Å². The number of carbonyl (C=O) groups excluding carboxylic acids is 1. The Labute approximate surface area is 158 Å². The summed E-state index contributed by atoms with van der Waals surface area (Å²) in [4.78, 5) is 12.5. The van der Waals surface area contributed by atoms with Gasteiger partial charge in [-0.2, -0.15) is 0 Å². The standard InChI is InChI=1S/C18H25BrN2O2.ClH/c19-16-3-1-2-15(12-16)18(6-10-23-11-7-18)13-21-17(22)14-4-8-20-9-5-14;/h1-3,12,14,20H,4-11,13H2,(H,21,22);1H. The van der Waals surface area contributed by atoms with Crippen LogP contribution < -0.4 is 10.6 Å². The lowest BCUT2D eigenvalue weighted by Gasteiger charge is -2.38. The number of halogens is 2. The van der Waals surface area contributed by atoms with Crippen molar-refractivity contribution in [2.45, 2.75) is 31.1 Å². The van der Waals surface area contributed by atoms with Crippen molar-refractivity contribution in [3.8, 4) is 0 Å². The van der Waals surface area contributed by atoms with Gasteiger partial charge in [-0.15, -0.1) is 12.4 Å². The van der Waals surface area contributed by atoms with Crippen molar-refractivity contribution in [2.75, 3.05) is 32.8 Å². The molecule has 2 aliphatic rings. The highest BCUT2D eigenvalue weighted by atomic mass is 79.9. The molecule has 1 aromatic carbocycles. The lowest BCUT2D eigenvalue weighted by Crippen LogP contribution is -2.47. The summed E-state index contributed by atoms with van der Waals surface area (Å²) < 4.78 is 6.66. The first kappa shape index (κ1) is 19.7. The van der Waals surface area contributed by atoms with Crippen LogP contribution in [0.5, 0.6) is 0 Å². The number of rotatable bonds is 4. The van der Waals surface area contributed by atoms with E-state index < -0.39 is 0 Å². The van der Waals surface area contributed by atoms with E-state index in [2.05, 4.69) is 44.8 Å². The Kier molecular flexibility index (Phi) is 7.54. The van der Waals surface area contributed by atoms with Crippen LogP contribution in [0, 0.1) is 5.92 Å². The molecule has 2 saturated heterocycles. The third kappa shape index (κ3) is 4.72. The van der Waals surface area contributed by atoms with E-state index in [1.165, 1.54) is 5.56 Å². The van der Waals surface area contributed by atoms with Gasteiger partial charge in [0.15, 0.2) is 0 Å². The maximum atomic E-state index is 12.5. The lowest BCUT2D eigenvalue weighted by molar-refractivity contribution is -0.126. The molecule has 24 heavy (non-hydrogen) atoms. The number of benzene rings is 1. The number of hydrogen-bond acceptors (Lipinski definition) is 3.